The first-order valence-corrected chi connectivity index (χ1v) is 11.3. The van der Waals surface area contributed by atoms with Crippen LogP contribution in [0.5, 0.6) is 11.5 Å². The van der Waals surface area contributed by atoms with Gasteiger partial charge in [-0.2, -0.15) is 0 Å². The molecule has 1 aliphatic heterocycles. The summed E-state index contributed by atoms with van der Waals surface area (Å²) in [4.78, 5) is 12.5. The largest absolute Gasteiger partial charge is 0.486 e. The maximum Gasteiger partial charge on any atom is 0.235 e. The van der Waals surface area contributed by atoms with Crippen molar-refractivity contribution in [1.82, 2.24) is 5.32 Å². The van der Waals surface area contributed by atoms with Crippen molar-refractivity contribution in [2.45, 2.75) is 31.1 Å². The van der Waals surface area contributed by atoms with E-state index in [-0.39, 0.29) is 11.8 Å². The summed E-state index contributed by atoms with van der Waals surface area (Å²) in [7, 11) is -3.64. The molecule has 1 aliphatic carbocycles. The molecule has 6 nitrogen and oxygen atoms in total. The Morgan fingerprint density at radius 1 is 1.07 bits per heavy atom. The number of hydrogen-bond donors (Lipinski definition) is 1. The lowest BCUT2D eigenvalue weighted by Crippen LogP contribution is -2.35. The monoisotopic (exact) mass is 401 g/mol. The topological polar surface area (TPSA) is 81.7 Å². The number of nitrogens with one attached hydrogen (secondary N) is 1. The summed E-state index contributed by atoms with van der Waals surface area (Å²) in [5.41, 5.74) is 2.82. The molecule has 2 aliphatic rings. The van der Waals surface area contributed by atoms with Crippen LogP contribution in [0.2, 0.25) is 0 Å². The van der Waals surface area contributed by atoms with E-state index in [2.05, 4.69) is 11.4 Å². The van der Waals surface area contributed by atoms with E-state index in [1.54, 1.807) is 18.2 Å². The molecule has 148 valence electrons. The van der Waals surface area contributed by atoms with Crippen molar-refractivity contribution in [3.63, 3.8) is 0 Å². The van der Waals surface area contributed by atoms with Crippen LogP contribution in [0.4, 0.5) is 0 Å². The van der Waals surface area contributed by atoms with Gasteiger partial charge in [-0.05, 0) is 36.5 Å². The van der Waals surface area contributed by atoms with Crippen LogP contribution >= 0.6 is 0 Å². The van der Waals surface area contributed by atoms with Crippen LogP contribution in [0.1, 0.15) is 35.6 Å². The van der Waals surface area contributed by atoms with E-state index in [1.165, 1.54) is 5.56 Å². The molecule has 0 radical (unpaired) electrons. The quantitative estimate of drug-likeness (QED) is 0.833. The molecule has 2 aromatic carbocycles. The normalized spacial score (nSPS) is 18.2. The Morgan fingerprint density at radius 2 is 1.89 bits per heavy atom. The van der Waals surface area contributed by atoms with E-state index >= 15 is 0 Å². The molecule has 1 N–H and O–H groups in total. The first kappa shape index (κ1) is 18.8. The lowest BCUT2D eigenvalue weighted by molar-refractivity contribution is -0.119. The minimum Gasteiger partial charge on any atom is -0.486 e. The summed E-state index contributed by atoms with van der Waals surface area (Å²) in [5, 5.41) is 2.91. The summed E-state index contributed by atoms with van der Waals surface area (Å²) in [6.45, 7) is 0.820. The van der Waals surface area contributed by atoms with Crippen LogP contribution in [-0.2, 0) is 26.8 Å². The number of aryl methyl sites for hydroxylation is 1. The zero-order chi connectivity index (χ0) is 19.6. The number of para-hydroxylation sites is 1. The molecular weight excluding hydrogens is 378 g/mol. The van der Waals surface area contributed by atoms with Gasteiger partial charge in [-0.1, -0.05) is 36.4 Å². The Morgan fingerprint density at radius 3 is 2.79 bits per heavy atom. The number of sulfone groups is 1. The van der Waals surface area contributed by atoms with Crippen LogP contribution in [-0.4, -0.2) is 33.3 Å². The zero-order valence-electron chi connectivity index (χ0n) is 15.5. The van der Waals surface area contributed by atoms with Crippen LogP contribution < -0.4 is 14.8 Å². The minimum absolute atomic E-state index is 0.131. The van der Waals surface area contributed by atoms with Gasteiger partial charge in [-0.15, -0.1) is 0 Å². The highest BCUT2D eigenvalue weighted by atomic mass is 32.2. The van der Waals surface area contributed by atoms with E-state index < -0.39 is 21.5 Å². The molecule has 4 rings (SSSR count). The van der Waals surface area contributed by atoms with Gasteiger partial charge in [-0.3, -0.25) is 4.79 Å². The van der Waals surface area contributed by atoms with Crippen molar-refractivity contribution in [3.8, 4) is 11.5 Å². The highest BCUT2D eigenvalue weighted by Gasteiger charge is 2.26. The fraction of sp³-hybridized carbons (Fsp3) is 0.381. The Balaban J connectivity index is 1.44. The average Bonchev–Trinajstić information content (AvgIpc) is 2.68. The molecular formula is C21H23NO5S. The van der Waals surface area contributed by atoms with Crippen molar-refractivity contribution in [2.75, 3.05) is 19.0 Å². The van der Waals surface area contributed by atoms with Crippen molar-refractivity contribution >= 4 is 15.7 Å². The van der Waals surface area contributed by atoms with Crippen LogP contribution in [0.3, 0.4) is 0 Å². The standard InChI is InChI=1S/C21H23NO5S/c23-20(22-18-9-3-6-15-5-1-2-8-17(15)18)14-28(24,25)13-16-7-4-10-19-21(16)27-12-11-26-19/h1-2,4-5,7-8,10,18H,3,6,9,11-14H2,(H,22,23). The van der Waals surface area contributed by atoms with Gasteiger partial charge in [0.05, 0.1) is 11.8 Å². The van der Waals surface area contributed by atoms with E-state index in [9.17, 15) is 13.2 Å². The lowest BCUT2D eigenvalue weighted by atomic mass is 9.88. The van der Waals surface area contributed by atoms with Gasteiger partial charge < -0.3 is 14.8 Å². The summed E-state index contributed by atoms with van der Waals surface area (Å²) in [5.74, 6) is -0.269. The molecule has 0 fully saturated rings. The van der Waals surface area contributed by atoms with Crippen molar-refractivity contribution in [1.29, 1.82) is 0 Å². The summed E-state index contributed by atoms with van der Waals surface area (Å²) < 4.78 is 36.3. The van der Waals surface area contributed by atoms with Crippen molar-refractivity contribution < 1.29 is 22.7 Å². The third kappa shape index (κ3) is 4.14. The maximum absolute atomic E-state index is 12.6. The van der Waals surface area contributed by atoms with Gasteiger partial charge in [0.15, 0.2) is 21.3 Å². The smallest absolute Gasteiger partial charge is 0.235 e. The molecule has 0 bridgehead atoms. The van der Waals surface area contributed by atoms with E-state index in [0.29, 0.717) is 30.3 Å². The molecule has 1 atom stereocenters. The fourth-order valence-electron chi connectivity index (χ4n) is 3.88. The first-order valence-electron chi connectivity index (χ1n) is 9.47. The van der Waals surface area contributed by atoms with Gasteiger partial charge in [0.2, 0.25) is 5.91 Å². The molecule has 2 aromatic rings. The molecule has 0 saturated heterocycles. The number of benzene rings is 2. The van der Waals surface area contributed by atoms with Crippen LogP contribution in [0.25, 0.3) is 0 Å². The summed E-state index contributed by atoms with van der Waals surface area (Å²) in [6, 6.07) is 13.0. The maximum atomic E-state index is 12.6. The summed E-state index contributed by atoms with van der Waals surface area (Å²) >= 11 is 0. The van der Waals surface area contributed by atoms with Crippen molar-refractivity contribution in [3.05, 3.63) is 59.2 Å². The second-order valence-electron chi connectivity index (χ2n) is 7.18. The molecule has 0 spiro atoms. The van der Waals surface area contributed by atoms with Crippen molar-refractivity contribution in [2.24, 2.45) is 0 Å². The number of rotatable bonds is 5. The number of ether oxygens (including phenoxy) is 2. The first-order chi connectivity index (χ1) is 13.5. The van der Waals surface area contributed by atoms with E-state index in [1.807, 2.05) is 18.2 Å². The van der Waals surface area contributed by atoms with E-state index in [0.717, 1.165) is 24.8 Å². The highest BCUT2D eigenvalue weighted by molar-refractivity contribution is 7.91. The number of hydrogen-bond acceptors (Lipinski definition) is 5. The molecule has 1 unspecified atom stereocenters. The third-order valence-corrected chi connectivity index (χ3v) is 6.53. The molecule has 0 saturated carbocycles. The predicted molar refractivity (Wildman–Crippen MR) is 105 cm³/mol. The number of carbonyl (C=O) groups excluding carboxylic acids is 1. The Bertz CT molecular complexity index is 986. The Labute approximate surface area is 164 Å². The SMILES string of the molecule is O=C(CS(=O)(=O)Cc1cccc2c1OCCO2)NC1CCCc2ccccc21. The van der Waals surface area contributed by atoms with Gasteiger partial charge in [0.25, 0.3) is 0 Å². The third-order valence-electron chi connectivity index (χ3n) is 5.08. The molecule has 1 amide bonds. The summed E-state index contributed by atoms with van der Waals surface area (Å²) in [6.07, 6.45) is 2.78. The average molecular weight is 401 g/mol. The minimum atomic E-state index is -3.64. The van der Waals surface area contributed by atoms with Gasteiger partial charge in [-0.25, -0.2) is 8.42 Å². The van der Waals surface area contributed by atoms with Gasteiger partial charge in [0, 0.05) is 5.56 Å². The molecule has 7 heteroatoms. The number of amides is 1. The molecule has 28 heavy (non-hydrogen) atoms. The fourth-order valence-corrected chi connectivity index (χ4v) is 5.16. The molecule has 1 heterocycles. The van der Waals surface area contributed by atoms with Crippen LogP contribution in [0.15, 0.2) is 42.5 Å². The second-order valence-corrected chi connectivity index (χ2v) is 9.25. The van der Waals surface area contributed by atoms with Gasteiger partial charge >= 0.3 is 0 Å². The predicted octanol–water partition coefficient (Wildman–Crippen LogP) is 2.57. The van der Waals surface area contributed by atoms with E-state index in [4.69, 9.17) is 9.47 Å². The van der Waals surface area contributed by atoms with Gasteiger partial charge in [0.1, 0.15) is 19.0 Å². The Hall–Kier alpha value is -2.54. The Kier molecular flexibility index (Phi) is 5.26. The number of fused-ring (bicyclic) bond motifs is 2. The molecule has 0 aromatic heterocycles. The number of carbonyl (C=O) groups is 1. The zero-order valence-corrected chi connectivity index (χ0v) is 16.3. The van der Waals surface area contributed by atoms with Crippen LogP contribution in [0, 0.1) is 0 Å². The lowest BCUT2D eigenvalue weighted by Gasteiger charge is -2.26. The highest BCUT2D eigenvalue weighted by Crippen LogP contribution is 2.34. The second kappa shape index (κ2) is 7.83.